The maximum absolute atomic E-state index is 12.4. The van der Waals surface area contributed by atoms with Crippen LogP contribution < -0.4 is 4.74 Å². The van der Waals surface area contributed by atoms with Crippen molar-refractivity contribution in [2.75, 3.05) is 19.7 Å². The average molecular weight is 291 g/mol. The van der Waals surface area contributed by atoms with Crippen LogP contribution in [-0.4, -0.2) is 41.7 Å². The van der Waals surface area contributed by atoms with Gasteiger partial charge in [-0.3, -0.25) is 4.79 Å². The lowest BCUT2D eigenvalue weighted by molar-refractivity contribution is -0.133. The second kappa shape index (κ2) is 7.46. The van der Waals surface area contributed by atoms with Crippen molar-refractivity contribution in [3.05, 3.63) is 29.8 Å². The van der Waals surface area contributed by atoms with Crippen LogP contribution in [0.1, 0.15) is 32.3 Å². The molecule has 4 heteroatoms. The molecule has 0 bridgehead atoms. The summed E-state index contributed by atoms with van der Waals surface area (Å²) in [5, 5.41) is 9.70. The molecule has 0 spiro atoms. The van der Waals surface area contributed by atoms with Crippen molar-refractivity contribution in [2.45, 2.75) is 39.2 Å². The molecular formula is C17H25NO3. The van der Waals surface area contributed by atoms with Crippen molar-refractivity contribution in [3.8, 4) is 5.75 Å². The third-order valence-corrected chi connectivity index (χ3v) is 4.08. The topological polar surface area (TPSA) is 49.8 Å². The number of carbonyl (C=O) groups excluding carboxylic acids is 1. The van der Waals surface area contributed by atoms with Gasteiger partial charge in [0.1, 0.15) is 5.75 Å². The van der Waals surface area contributed by atoms with E-state index in [0.29, 0.717) is 19.6 Å². The molecule has 0 radical (unpaired) electrons. The van der Waals surface area contributed by atoms with Gasteiger partial charge in [-0.2, -0.15) is 0 Å². The fourth-order valence-electron chi connectivity index (χ4n) is 2.79. The summed E-state index contributed by atoms with van der Waals surface area (Å²) in [5.74, 6) is 1.19. The predicted molar refractivity (Wildman–Crippen MR) is 82.3 cm³/mol. The predicted octanol–water partition coefficient (Wildman–Crippen LogP) is 2.25. The number of ether oxygens (including phenoxy) is 1. The van der Waals surface area contributed by atoms with Crippen LogP contribution in [0.15, 0.2) is 24.3 Å². The Morgan fingerprint density at radius 2 is 2.14 bits per heavy atom. The van der Waals surface area contributed by atoms with Crippen molar-refractivity contribution >= 4 is 5.91 Å². The summed E-state index contributed by atoms with van der Waals surface area (Å²) >= 11 is 0. The van der Waals surface area contributed by atoms with Crippen LogP contribution >= 0.6 is 0 Å². The van der Waals surface area contributed by atoms with E-state index in [9.17, 15) is 9.90 Å². The Morgan fingerprint density at radius 1 is 1.43 bits per heavy atom. The Balaban J connectivity index is 1.91. The summed E-state index contributed by atoms with van der Waals surface area (Å²) < 4.78 is 5.40. The highest BCUT2D eigenvalue weighted by Crippen LogP contribution is 2.21. The van der Waals surface area contributed by atoms with Gasteiger partial charge in [-0.1, -0.05) is 12.1 Å². The fourth-order valence-corrected chi connectivity index (χ4v) is 2.79. The summed E-state index contributed by atoms with van der Waals surface area (Å²) in [5.41, 5.74) is 1.00. The highest BCUT2D eigenvalue weighted by Gasteiger charge is 2.26. The van der Waals surface area contributed by atoms with Gasteiger partial charge < -0.3 is 14.7 Å². The summed E-state index contributed by atoms with van der Waals surface area (Å²) in [6.07, 6.45) is 2.06. The molecule has 0 aliphatic carbocycles. The fraction of sp³-hybridized carbons (Fsp3) is 0.588. The highest BCUT2D eigenvalue weighted by atomic mass is 16.5. The van der Waals surface area contributed by atoms with Crippen LogP contribution in [0.2, 0.25) is 0 Å². The van der Waals surface area contributed by atoms with Crippen molar-refractivity contribution in [3.63, 3.8) is 0 Å². The summed E-state index contributed by atoms with van der Waals surface area (Å²) in [4.78, 5) is 14.2. The minimum atomic E-state index is -0.342. The molecule has 1 aliphatic rings. The van der Waals surface area contributed by atoms with E-state index in [1.54, 1.807) is 0 Å². The second-order valence-corrected chi connectivity index (χ2v) is 5.74. The van der Waals surface area contributed by atoms with Crippen LogP contribution in [0, 0.1) is 5.92 Å². The van der Waals surface area contributed by atoms with Gasteiger partial charge >= 0.3 is 0 Å². The Labute approximate surface area is 126 Å². The first-order valence-electron chi connectivity index (χ1n) is 7.77. The second-order valence-electron chi connectivity index (χ2n) is 5.74. The van der Waals surface area contributed by atoms with E-state index in [1.165, 1.54) is 0 Å². The number of carbonyl (C=O) groups is 1. The molecule has 1 fully saturated rings. The molecule has 2 unspecified atom stereocenters. The molecule has 4 nitrogen and oxygen atoms in total. The molecule has 2 rings (SSSR count). The molecule has 1 heterocycles. The summed E-state index contributed by atoms with van der Waals surface area (Å²) in [6.45, 7) is 5.89. The smallest absolute Gasteiger partial charge is 0.227 e. The number of amides is 1. The first-order valence-corrected chi connectivity index (χ1v) is 7.77. The van der Waals surface area contributed by atoms with Gasteiger partial charge in [0, 0.05) is 19.0 Å². The molecule has 1 amide bonds. The molecule has 1 aliphatic heterocycles. The van der Waals surface area contributed by atoms with Crippen LogP contribution in [0.4, 0.5) is 0 Å². The number of likely N-dealkylation sites (tertiary alicyclic amines) is 1. The number of aliphatic hydroxyl groups is 1. The number of hydrogen-bond donors (Lipinski definition) is 1. The highest BCUT2D eigenvalue weighted by molar-refractivity contribution is 5.78. The van der Waals surface area contributed by atoms with Gasteiger partial charge in [-0.15, -0.1) is 0 Å². The number of aliphatic hydroxyl groups excluding tert-OH is 1. The Kier molecular flexibility index (Phi) is 5.62. The lowest BCUT2D eigenvalue weighted by atomic mass is 9.93. The van der Waals surface area contributed by atoms with Crippen molar-refractivity contribution < 1.29 is 14.6 Å². The average Bonchev–Trinajstić information content (AvgIpc) is 2.49. The number of rotatable bonds is 5. The summed E-state index contributed by atoms with van der Waals surface area (Å²) in [6, 6.07) is 7.69. The number of benzene rings is 1. The molecule has 1 saturated heterocycles. The maximum Gasteiger partial charge on any atom is 0.227 e. The van der Waals surface area contributed by atoms with E-state index in [2.05, 4.69) is 0 Å². The third-order valence-electron chi connectivity index (χ3n) is 4.08. The van der Waals surface area contributed by atoms with Gasteiger partial charge in [-0.25, -0.2) is 0 Å². The van der Waals surface area contributed by atoms with Crippen LogP contribution in [0.5, 0.6) is 5.75 Å². The molecule has 1 aromatic rings. The van der Waals surface area contributed by atoms with E-state index in [-0.39, 0.29) is 17.9 Å². The monoisotopic (exact) mass is 291 g/mol. The molecule has 1 N–H and O–H groups in total. The quantitative estimate of drug-likeness (QED) is 0.905. The molecular weight excluding hydrogens is 266 g/mol. The normalized spacial score (nSPS) is 20.1. The lowest BCUT2D eigenvalue weighted by Crippen LogP contribution is -2.43. The van der Waals surface area contributed by atoms with Crippen LogP contribution in [-0.2, 0) is 11.2 Å². The van der Waals surface area contributed by atoms with Crippen LogP contribution in [0.3, 0.4) is 0 Å². The summed E-state index contributed by atoms with van der Waals surface area (Å²) in [7, 11) is 0. The zero-order valence-electron chi connectivity index (χ0n) is 12.9. The van der Waals surface area contributed by atoms with Crippen molar-refractivity contribution in [2.24, 2.45) is 5.92 Å². The minimum Gasteiger partial charge on any atom is -0.494 e. The van der Waals surface area contributed by atoms with E-state index in [1.807, 2.05) is 43.0 Å². The largest absolute Gasteiger partial charge is 0.494 e. The Hall–Kier alpha value is -1.55. The van der Waals surface area contributed by atoms with Crippen LogP contribution in [0.25, 0.3) is 0 Å². The molecule has 21 heavy (non-hydrogen) atoms. The van der Waals surface area contributed by atoms with Gasteiger partial charge in [-0.05, 0) is 44.4 Å². The number of piperidine rings is 1. The lowest BCUT2D eigenvalue weighted by Gasteiger charge is -2.34. The van der Waals surface area contributed by atoms with Gasteiger partial charge in [0.05, 0.1) is 19.1 Å². The SMILES string of the molecule is CCOc1ccc(CC(=O)N2CCCC(C(C)O)C2)cc1. The molecule has 0 saturated carbocycles. The molecule has 1 aromatic carbocycles. The number of hydrogen-bond acceptors (Lipinski definition) is 3. The van der Waals surface area contributed by atoms with E-state index in [0.717, 1.165) is 30.7 Å². The first kappa shape index (κ1) is 15.8. The molecule has 116 valence electrons. The first-order chi connectivity index (χ1) is 10.1. The van der Waals surface area contributed by atoms with Crippen molar-refractivity contribution in [1.29, 1.82) is 0 Å². The van der Waals surface area contributed by atoms with Gasteiger partial charge in [0.25, 0.3) is 0 Å². The minimum absolute atomic E-state index is 0.143. The number of nitrogens with zero attached hydrogens (tertiary/aromatic N) is 1. The Morgan fingerprint density at radius 3 is 2.76 bits per heavy atom. The zero-order chi connectivity index (χ0) is 15.2. The Bertz CT molecular complexity index is 456. The van der Waals surface area contributed by atoms with Gasteiger partial charge in [0.2, 0.25) is 5.91 Å². The zero-order valence-corrected chi connectivity index (χ0v) is 12.9. The van der Waals surface area contributed by atoms with Crippen molar-refractivity contribution in [1.82, 2.24) is 4.90 Å². The third kappa shape index (κ3) is 4.46. The van der Waals surface area contributed by atoms with E-state index >= 15 is 0 Å². The standard InChI is InChI=1S/C17H25NO3/c1-3-21-16-8-6-14(7-9-16)11-17(20)18-10-4-5-15(12-18)13(2)19/h6-9,13,15,19H,3-5,10-12H2,1-2H3. The molecule has 2 atom stereocenters. The molecule has 0 aromatic heterocycles. The van der Waals surface area contributed by atoms with E-state index < -0.39 is 0 Å². The van der Waals surface area contributed by atoms with E-state index in [4.69, 9.17) is 4.74 Å². The van der Waals surface area contributed by atoms with Gasteiger partial charge in [0.15, 0.2) is 0 Å². The maximum atomic E-state index is 12.4.